The first-order valence-corrected chi connectivity index (χ1v) is 11.6. The second-order valence-corrected chi connectivity index (χ2v) is 8.70. The molecule has 3 N–H and O–H groups in total. The van der Waals surface area contributed by atoms with Crippen LogP contribution in [0.1, 0.15) is 21.5 Å². The Morgan fingerprint density at radius 3 is 2.21 bits per heavy atom. The standard InChI is InChI=1S/C27H24F2N4O5/c1-30-14-16-8-11-22-18(12-16)25(35)33(27(38)32(22)2)17-9-6-15(7-10-17)13-21(26(36)37)31-24(34)23-19(28)4-3-5-20(23)29/h3-12,21,30H,13-14H2,1-2H3,(H,31,34)(H,36,37)/t21-/m0/s1. The van der Waals surface area contributed by atoms with Gasteiger partial charge in [0.2, 0.25) is 0 Å². The average Bonchev–Trinajstić information content (AvgIpc) is 2.88. The van der Waals surface area contributed by atoms with Gasteiger partial charge in [0.05, 0.1) is 16.6 Å². The van der Waals surface area contributed by atoms with Gasteiger partial charge in [0.25, 0.3) is 11.5 Å². The lowest BCUT2D eigenvalue weighted by Gasteiger charge is -2.16. The van der Waals surface area contributed by atoms with Crippen LogP contribution in [0.2, 0.25) is 0 Å². The second-order valence-electron chi connectivity index (χ2n) is 8.70. The third-order valence-corrected chi connectivity index (χ3v) is 6.14. The number of benzene rings is 3. The van der Waals surface area contributed by atoms with Crippen molar-refractivity contribution in [2.75, 3.05) is 7.05 Å². The van der Waals surface area contributed by atoms with Gasteiger partial charge in [-0.2, -0.15) is 0 Å². The molecule has 1 heterocycles. The number of carboxylic acids is 1. The summed E-state index contributed by atoms with van der Waals surface area (Å²) in [6.45, 7) is 0.539. The third-order valence-electron chi connectivity index (χ3n) is 6.14. The number of rotatable bonds is 8. The van der Waals surface area contributed by atoms with Crippen molar-refractivity contribution in [1.82, 2.24) is 19.8 Å². The Labute approximate surface area is 215 Å². The van der Waals surface area contributed by atoms with Gasteiger partial charge in [-0.3, -0.25) is 14.2 Å². The van der Waals surface area contributed by atoms with Crippen molar-refractivity contribution in [3.63, 3.8) is 0 Å². The summed E-state index contributed by atoms with van der Waals surface area (Å²) in [5.74, 6) is -4.84. The van der Waals surface area contributed by atoms with E-state index in [0.717, 1.165) is 28.3 Å². The molecule has 0 spiro atoms. The fraction of sp³-hybridized carbons (Fsp3) is 0.185. The highest BCUT2D eigenvalue weighted by molar-refractivity contribution is 5.97. The Balaban J connectivity index is 1.63. The lowest BCUT2D eigenvalue weighted by molar-refractivity contribution is -0.139. The van der Waals surface area contributed by atoms with Crippen molar-refractivity contribution in [3.05, 3.63) is 110 Å². The highest BCUT2D eigenvalue weighted by Gasteiger charge is 2.25. The van der Waals surface area contributed by atoms with Crippen LogP contribution >= 0.6 is 0 Å². The maximum Gasteiger partial charge on any atom is 0.335 e. The molecule has 3 aromatic carbocycles. The lowest BCUT2D eigenvalue weighted by atomic mass is 10.0. The summed E-state index contributed by atoms with van der Waals surface area (Å²) in [6, 6.07) is 12.6. The van der Waals surface area contributed by atoms with Crippen LogP contribution in [-0.4, -0.2) is 39.2 Å². The molecule has 1 amide bonds. The summed E-state index contributed by atoms with van der Waals surface area (Å²) in [4.78, 5) is 50.4. The number of halogens is 2. The van der Waals surface area contributed by atoms with Crippen LogP contribution in [0, 0.1) is 11.6 Å². The fourth-order valence-electron chi connectivity index (χ4n) is 4.21. The number of carbonyl (C=O) groups is 2. The number of carboxylic acid groups (broad SMARTS) is 1. The second kappa shape index (κ2) is 10.8. The van der Waals surface area contributed by atoms with E-state index < -0.39 is 46.4 Å². The topological polar surface area (TPSA) is 122 Å². The van der Waals surface area contributed by atoms with Gasteiger partial charge in [-0.05, 0) is 54.6 Å². The minimum Gasteiger partial charge on any atom is -0.480 e. The van der Waals surface area contributed by atoms with E-state index in [1.54, 1.807) is 26.2 Å². The molecule has 0 saturated heterocycles. The SMILES string of the molecule is CNCc1ccc2c(c1)c(=O)n(-c1ccc(C[C@H](NC(=O)c3c(F)cccc3F)C(=O)O)cc1)c(=O)n2C. The van der Waals surface area contributed by atoms with Gasteiger partial charge in [0.15, 0.2) is 0 Å². The summed E-state index contributed by atoms with van der Waals surface area (Å²) >= 11 is 0. The van der Waals surface area contributed by atoms with Crippen molar-refractivity contribution in [2.24, 2.45) is 7.05 Å². The molecule has 1 aromatic heterocycles. The van der Waals surface area contributed by atoms with Gasteiger partial charge in [-0.1, -0.05) is 24.3 Å². The maximum atomic E-state index is 13.9. The van der Waals surface area contributed by atoms with Gasteiger partial charge >= 0.3 is 11.7 Å². The van der Waals surface area contributed by atoms with Crippen LogP contribution in [0.15, 0.2) is 70.3 Å². The molecule has 38 heavy (non-hydrogen) atoms. The molecule has 4 rings (SSSR count). The van der Waals surface area contributed by atoms with Gasteiger partial charge in [-0.15, -0.1) is 0 Å². The number of aryl methyl sites for hydroxylation is 1. The van der Waals surface area contributed by atoms with Gasteiger partial charge < -0.3 is 15.7 Å². The number of carbonyl (C=O) groups excluding carboxylic acids is 1. The van der Waals surface area contributed by atoms with Crippen molar-refractivity contribution in [2.45, 2.75) is 19.0 Å². The highest BCUT2D eigenvalue weighted by Crippen LogP contribution is 2.15. The molecular formula is C27H24F2N4O5. The number of fused-ring (bicyclic) bond motifs is 1. The number of hydrogen-bond acceptors (Lipinski definition) is 5. The number of aromatic nitrogens is 2. The molecule has 1 atom stereocenters. The van der Waals surface area contributed by atoms with Crippen LogP contribution in [0.4, 0.5) is 8.78 Å². The van der Waals surface area contributed by atoms with Crippen LogP contribution in [-0.2, 0) is 24.8 Å². The minimum atomic E-state index is -1.49. The zero-order valence-electron chi connectivity index (χ0n) is 20.5. The van der Waals surface area contributed by atoms with E-state index in [0.29, 0.717) is 23.0 Å². The predicted molar refractivity (Wildman–Crippen MR) is 137 cm³/mol. The smallest absolute Gasteiger partial charge is 0.335 e. The molecule has 0 aliphatic carbocycles. The fourth-order valence-corrected chi connectivity index (χ4v) is 4.21. The molecule has 4 aromatic rings. The molecule has 9 nitrogen and oxygen atoms in total. The Bertz CT molecular complexity index is 1640. The average molecular weight is 523 g/mol. The Kier molecular flexibility index (Phi) is 7.49. The molecule has 0 saturated carbocycles. The predicted octanol–water partition coefficient (Wildman–Crippen LogP) is 2.11. The number of aliphatic carboxylic acids is 1. The number of hydrogen-bond donors (Lipinski definition) is 3. The number of amides is 1. The van der Waals surface area contributed by atoms with E-state index in [9.17, 15) is 33.1 Å². The van der Waals surface area contributed by atoms with Gasteiger partial charge in [-0.25, -0.2) is 22.9 Å². The first-order valence-electron chi connectivity index (χ1n) is 11.6. The Morgan fingerprint density at radius 1 is 0.974 bits per heavy atom. The van der Waals surface area contributed by atoms with E-state index in [2.05, 4.69) is 10.6 Å². The molecule has 0 aliphatic heterocycles. The van der Waals surface area contributed by atoms with E-state index in [1.165, 1.54) is 28.8 Å². The molecular weight excluding hydrogens is 498 g/mol. The zero-order valence-corrected chi connectivity index (χ0v) is 20.5. The highest BCUT2D eigenvalue weighted by atomic mass is 19.1. The van der Waals surface area contributed by atoms with E-state index in [1.807, 2.05) is 6.07 Å². The Hall–Kier alpha value is -4.64. The van der Waals surface area contributed by atoms with Crippen LogP contribution < -0.4 is 21.9 Å². The third kappa shape index (κ3) is 5.09. The van der Waals surface area contributed by atoms with E-state index in [-0.39, 0.29) is 12.1 Å². The van der Waals surface area contributed by atoms with E-state index in [4.69, 9.17) is 0 Å². The zero-order chi connectivity index (χ0) is 27.6. The summed E-state index contributed by atoms with van der Waals surface area (Å²) in [7, 11) is 3.34. The number of nitrogens with one attached hydrogen (secondary N) is 2. The molecule has 0 aliphatic rings. The molecule has 11 heteroatoms. The van der Waals surface area contributed by atoms with Crippen molar-refractivity contribution < 1.29 is 23.5 Å². The maximum absolute atomic E-state index is 13.9. The largest absolute Gasteiger partial charge is 0.480 e. The summed E-state index contributed by atoms with van der Waals surface area (Å²) in [6.07, 6.45) is -0.213. The molecule has 0 fully saturated rings. The Morgan fingerprint density at radius 2 is 1.61 bits per heavy atom. The van der Waals surface area contributed by atoms with Gasteiger partial charge in [0, 0.05) is 20.0 Å². The quantitative estimate of drug-likeness (QED) is 0.326. The monoisotopic (exact) mass is 522 g/mol. The van der Waals surface area contributed by atoms with Crippen molar-refractivity contribution in [1.29, 1.82) is 0 Å². The molecule has 0 radical (unpaired) electrons. The molecule has 0 unspecified atom stereocenters. The van der Waals surface area contributed by atoms with Crippen molar-refractivity contribution >= 4 is 22.8 Å². The lowest BCUT2D eigenvalue weighted by Crippen LogP contribution is -2.43. The summed E-state index contributed by atoms with van der Waals surface area (Å²) < 4.78 is 30.2. The summed E-state index contributed by atoms with van der Waals surface area (Å²) in [5.41, 5.74) is 0.129. The van der Waals surface area contributed by atoms with Crippen LogP contribution in [0.5, 0.6) is 0 Å². The van der Waals surface area contributed by atoms with Crippen LogP contribution in [0.25, 0.3) is 16.6 Å². The summed E-state index contributed by atoms with van der Waals surface area (Å²) in [5, 5.41) is 15.1. The van der Waals surface area contributed by atoms with Crippen molar-refractivity contribution in [3.8, 4) is 5.69 Å². The molecule has 0 bridgehead atoms. The van der Waals surface area contributed by atoms with Crippen LogP contribution in [0.3, 0.4) is 0 Å². The molecule has 196 valence electrons. The first kappa shape index (κ1) is 26.4. The van der Waals surface area contributed by atoms with E-state index >= 15 is 0 Å². The first-order chi connectivity index (χ1) is 18.1. The number of nitrogens with zero attached hydrogens (tertiary/aromatic N) is 2. The normalized spacial score (nSPS) is 11.9. The van der Waals surface area contributed by atoms with Gasteiger partial charge in [0.1, 0.15) is 23.2 Å². The minimum absolute atomic E-state index is 0.213.